The van der Waals surface area contributed by atoms with E-state index in [1.165, 1.54) is 18.2 Å². The summed E-state index contributed by atoms with van der Waals surface area (Å²) >= 11 is 6.00. The predicted octanol–water partition coefficient (Wildman–Crippen LogP) is 4.51. The second kappa shape index (κ2) is 8.53. The Balaban J connectivity index is 1.62. The van der Waals surface area contributed by atoms with Gasteiger partial charge in [-0.05, 0) is 53.4 Å². The highest BCUT2D eigenvalue weighted by atomic mass is 35.5. The van der Waals surface area contributed by atoms with E-state index >= 15 is 0 Å². The molecule has 2 aromatic carbocycles. The Morgan fingerprint density at radius 3 is 2.79 bits per heavy atom. The first-order valence-electron chi connectivity index (χ1n) is 9.41. The zero-order valence-corrected chi connectivity index (χ0v) is 16.9. The number of methoxy groups -OCH3 is 1. The van der Waals surface area contributed by atoms with Crippen molar-refractivity contribution in [2.75, 3.05) is 25.2 Å². The predicted molar refractivity (Wildman–Crippen MR) is 113 cm³/mol. The topological polar surface area (TPSA) is 51.7 Å². The van der Waals surface area contributed by atoms with Crippen LogP contribution in [0.1, 0.15) is 27.0 Å². The molecule has 29 heavy (non-hydrogen) atoms. The van der Waals surface area contributed by atoms with Crippen LogP contribution in [-0.4, -0.2) is 31.2 Å². The Bertz CT molecular complexity index is 1020. The number of carbonyl (C=O) groups excluding carboxylic acids is 1. The van der Waals surface area contributed by atoms with E-state index in [0.29, 0.717) is 24.5 Å². The van der Waals surface area contributed by atoms with Gasteiger partial charge in [0, 0.05) is 24.0 Å². The molecule has 0 saturated heterocycles. The highest BCUT2D eigenvalue weighted by Crippen LogP contribution is 2.36. The molecular weight excluding hydrogens is 388 g/mol. The van der Waals surface area contributed by atoms with E-state index in [0.717, 1.165) is 29.2 Å². The van der Waals surface area contributed by atoms with Crippen molar-refractivity contribution in [3.63, 3.8) is 0 Å². The van der Waals surface area contributed by atoms with Crippen LogP contribution in [0.4, 0.5) is 5.69 Å². The molecule has 0 atom stereocenters. The summed E-state index contributed by atoms with van der Waals surface area (Å²) < 4.78 is 10.7. The zero-order valence-electron chi connectivity index (χ0n) is 16.1. The number of pyridine rings is 1. The molecule has 0 aliphatic carbocycles. The Morgan fingerprint density at radius 2 is 2.00 bits per heavy atom. The third-order valence-corrected chi connectivity index (χ3v) is 5.27. The minimum Gasteiger partial charge on any atom is -0.489 e. The molecule has 5 nitrogen and oxygen atoms in total. The first-order chi connectivity index (χ1) is 14.2. The number of para-hydroxylation sites is 1. The molecule has 0 radical (unpaired) electrons. The fraction of sp³-hybridized carbons (Fsp3) is 0.217. The van der Waals surface area contributed by atoms with E-state index in [9.17, 15) is 4.79 Å². The van der Waals surface area contributed by atoms with E-state index < -0.39 is 5.97 Å². The van der Waals surface area contributed by atoms with Crippen LogP contribution in [-0.2, 0) is 17.7 Å². The lowest BCUT2D eigenvalue weighted by molar-refractivity contribution is 0.0595. The van der Waals surface area contributed by atoms with Crippen molar-refractivity contribution in [2.24, 2.45) is 0 Å². The van der Waals surface area contributed by atoms with E-state index in [2.05, 4.69) is 9.88 Å². The second-order valence-corrected chi connectivity index (χ2v) is 7.30. The van der Waals surface area contributed by atoms with Gasteiger partial charge in [-0.25, -0.2) is 4.79 Å². The van der Waals surface area contributed by atoms with Gasteiger partial charge in [-0.1, -0.05) is 29.8 Å². The van der Waals surface area contributed by atoms with Crippen molar-refractivity contribution in [3.8, 4) is 5.75 Å². The van der Waals surface area contributed by atoms with Crippen LogP contribution >= 0.6 is 11.6 Å². The van der Waals surface area contributed by atoms with Crippen LogP contribution in [0, 0.1) is 0 Å². The van der Waals surface area contributed by atoms with Crippen molar-refractivity contribution < 1.29 is 14.3 Å². The van der Waals surface area contributed by atoms with Gasteiger partial charge in [0.05, 0.1) is 19.3 Å². The van der Waals surface area contributed by atoms with Gasteiger partial charge in [0.2, 0.25) is 0 Å². The maximum atomic E-state index is 12.1. The molecule has 1 aliphatic heterocycles. The summed E-state index contributed by atoms with van der Waals surface area (Å²) in [4.78, 5) is 18.6. The lowest BCUT2D eigenvalue weighted by Crippen LogP contribution is -2.33. The number of hydrogen-bond donors (Lipinski definition) is 0. The Kier molecular flexibility index (Phi) is 5.67. The number of ether oxygens (including phenoxy) is 2. The first kappa shape index (κ1) is 19.3. The number of esters is 1. The molecule has 6 heteroatoms. The molecule has 0 N–H and O–H groups in total. The number of fused-ring (bicyclic) bond motifs is 1. The fourth-order valence-corrected chi connectivity index (χ4v) is 3.66. The molecule has 4 rings (SSSR count). The molecule has 0 fully saturated rings. The van der Waals surface area contributed by atoms with Gasteiger partial charge >= 0.3 is 5.97 Å². The number of rotatable bonds is 5. The molecule has 3 aromatic rings. The van der Waals surface area contributed by atoms with Gasteiger partial charge in [-0.2, -0.15) is 0 Å². The summed E-state index contributed by atoms with van der Waals surface area (Å²) in [5, 5.41) is 0.728. The number of anilines is 1. The van der Waals surface area contributed by atoms with Gasteiger partial charge in [-0.15, -0.1) is 0 Å². The largest absolute Gasteiger partial charge is 0.489 e. The molecule has 148 valence electrons. The van der Waals surface area contributed by atoms with E-state index in [1.54, 1.807) is 6.07 Å². The van der Waals surface area contributed by atoms with Gasteiger partial charge in [-0.3, -0.25) is 4.98 Å². The molecule has 2 heterocycles. The average Bonchev–Trinajstić information content (AvgIpc) is 2.76. The standard InChI is InChI=1S/C23H21ClN2O3/c1-28-23(27)20-3-2-4-21-22(20)29-12-11-26(21)15-17-9-10-25-14-18(17)13-16-5-7-19(24)8-6-16/h2-10,14H,11-13,15H2,1H3. The molecular formula is C23H21ClN2O3. The van der Waals surface area contributed by atoms with Gasteiger partial charge in [0.15, 0.2) is 5.75 Å². The maximum Gasteiger partial charge on any atom is 0.341 e. The number of carbonyl (C=O) groups is 1. The summed E-state index contributed by atoms with van der Waals surface area (Å²) in [6.45, 7) is 1.95. The molecule has 0 bridgehead atoms. The monoisotopic (exact) mass is 408 g/mol. The quantitative estimate of drug-likeness (QED) is 0.581. The number of nitrogens with zero attached hydrogens (tertiary/aromatic N) is 2. The first-order valence-corrected chi connectivity index (χ1v) is 9.79. The van der Waals surface area contributed by atoms with Crippen molar-refractivity contribution in [2.45, 2.75) is 13.0 Å². The van der Waals surface area contributed by atoms with Crippen molar-refractivity contribution in [3.05, 3.63) is 88.2 Å². The van der Waals surface area contributed by atoms with Crippen LogP contribution in [0.25, 0.3) is 0 Å². The van der Waals surface area contributed by atoms with Crippen LogP contribution < -0.4 is 9.64 Å². The van der Waals surface area contributed by atoms with Crippen molar-refractivity contribution in [1.29, 1.82) is 0 Å². The molecule has 0 spiro atoms. The van der Waals surface area contributed by atoms with E-state index in [-0.39, 0.29) is 0 Å². The molecule has 0 unspecified atom stereocenters. The Morgan fingerprint density at radius 1 is 1.17 bits per heavy atom. The zero-order chi connectivity index (χ0) is 20.2. The highest BCUT2D eigenvalue weighted by Gasteiger charge is 2.24. The lowest BCUT2D eigenvalue weighted by atomic mass is 10.0. The maximum absolute atomic E-state index is 12.1. The third kappa shape index (κ3) is 4.20. The second-order valence-electron chi connectivity index (χ2n) is 6.86. The summed E-state index contributed by atoms with van der Waals surface area (Å²) in [5.41, 5.74) is 4.87. The fourth-order valence-electron chi connectivity index (χ4n) is 3.54. The number of aromatic nitrogens is 1. The molecule has 1 aliphatic rings. The third-order valence-electron chi connectivity index (χ3n) is 5.02. The molecule has 0 saturated carbocycles. The van der Waals surface area contributed by atoms with Crippen LogP contribution in [0.5, 0.6) is 5.75 Å². The summed E-state index contributed by atoms with van der Waals surface area (Å²) in [7, 11) is 1.38. The SMILES string of the molecule is COC(=O)c1cccc2c1OCCN2Cc1ccncc1Cc1ccc(Cl)cc1. The van der Waals surface area contributed by atoms with E-state index in [4.69, 9.17) is 21.1 Å². The highest BCUT2D eigenvalue weighted by molar-refractivity contribution is 6.30. The summed E-state index contributed by atoms with van der Waals surface area (Å²) in [5.74, 6) is 0.190. The van der Waals surface area contributed by atoms with Crippen LogP contribution in [0.2, 0.25) is 5.02 Å². The number of halogens is 1. The van der Waals surface area contributed by atoms with Crippen molar-refractivity contribution >= 4 is 23.3 Å². The normalized spacial score (nSPS) is 12.8. The number of hydrogen-bond acceptors (Lipinski definition) is 5. The van der Waals surface area contributed by atoms with Crippen molar-refractivity contribution in [1.82, 2.24) is 4.98 Å². The molecule has 1 aromatic heterocycles. The Hall–Kier alpha value is -3.05. The Labute approximate surface area is 174 Å². The van der Waals surface area contributed by atoms with Gasteiger partial charge < -0.3 is 14.4 Å². The van der Waals surface area contributed by atoms with Gasteiger partial charge in [0.1, 0.15) is 12.2 Å². The summed E-state index contributed by atoms with van der Waals surface area (Å²) in [6, 6.07) is 15.5. The van der Waals surface area contributed by atoms with E-state index in [1.807, 2.05) is 54.9 Å². The van der Waals surface area contributed by atoms with Crippen LogP contribution in [0.15, 0.2) is 60.9 Å². The van der Waals surface area contributed by atoms with Gasteiger partial charge in [0.25, 0.3) is 0 Å². The minimum atomic E-state index is -0.393. The lowest BCUT2D eigenvalue weighted by Gasteiger charge is -2.32. The average molecular weight is 409 g/mol. The molecule has 0 amide bonds. The minimum absolute atomic E-state index is 0.393. The smallest absolute Gasteiger partial charge is 0.341 e. The van der Waals surface area contributed by atoms with Crippen LogP contribution in [0.3, 0.4) is 0 Å². The summed E-state index contributed by atoms with van der Waals surface area (Å²) in [6.07, 6.45) is 4.50. The number of benzene rings is 2.